The number of hydrogen-bond acceptors (Lipinski definition) is 2. The first-order valence-corrected chi connectivity index (χ1v) is 14.6. The van der Waals surface area contributed by atoms with E-state index in [1.807, 2.05) is 85.2 Å². The van der Waals surface area contributed by atoms with Crippen LogP contribution in [0.25, 0.3) is 22.0 Å². The van der Waals surface area contributed by atoms with E-state index in [0.717, 1.165) is 53.4 Å². The average molecular weight is 651 g/mol. The van der Waals surface area contributed by atoms with E-state index in [4.69, 9.17) is 0 Å². The maximum atomic E-state index is 13.9. The third kappa shape index (κ3) is 4.19. The number of carbonyl (C=O) groups excluding carboxylic acids is 1. The van der Waals surface area contributed by atoms with Gasteiger partial charge in [0.05, 0.1) is 22.3 Å². The summed E-state index contributed by atoms with van der Waals surface area (Å²) in [4.78, 5) is 13.9. The van der Waals surface area contributed by atoms with Crippen molar-refractivity contribution in [1.29, 1.82) is 0 Å². The van der Waals surface area contributed by atoms with E-state index >= 15 is 0 Å². The summed E-state index contributed by atoms with van der Waals surface area (Å²) in [5, 5.41) is 12.4. The second-order valence-electron chi connectivity index (χ2n) is 10.1. The minimum absolute atomic E-state index is 0.0440. The molecular weight excluding hydrogens is 628 g/mol. The molecule has 0 unspecified atom stereocenters. The fourth-order valence-corrected chi connectivity index (χ4v) is 6.38. The molecule has 5 aromatic rings. The van der Waals surface area contributed by atoms with Gasteiger partial charge in [-0.2, -0.15) is 4.58 Å². The van der Waals surface area contributed by atoms with Crippen LogP contribution < -0.4 is 0 Å². The summed E-state index contributed by atoms with van der Waals surface area (Å²) in [5.74, 6) is -0.0996. The molecule has 2 aliphatic rings. The van der Waals surface area contributed by atoms with Crippen LogP contribution in [0.15, 0.2) is 124 Å². The normalized spacial score (nSPS) is 16.4. The molecule has 1 N–H and O–H groups in total. The minimum atomic E-state index is -0.144. The Hall–Kier alpha value is -4.00. The van der Waals surface area contributed by atoms with Crippen molar-refractivity contribution in [3.8, 4) is 0 Å². The second kappa shape index (κ2) is 9.88. The standard InChI is InChI=1S/C34H22Br2N2O2/c35-23-11-13-29-25(15-23)27(19-37(29)17-21-7-3-1-4-8-21)31-33(39)32(34(31)40)28-20-38(18-22-9-5-2-6-10-22)30-14-12-24(36)16-26(28)30/h1-16,19-20H,17-18H2/p+1. The molecule has 7 rings (SSSR count). The van der Waals surface area contributed by atoms with Gasteiger partial charge in [0.2, 0.25) is 11.5 Å². The lowest BCUT2D eigenvalue weighted by molar-refractivity contribution is -0.449. The van der Waals surface area contributed by atoms with Crippen LogP contribution in [0.2, 0.25) is 0 Å². The van der Waals surface area contributed by atoms with Gasteiger partial charge in [0, 0.05) is 49.8 Å². The summed E-state index contributed by atoms with van der Waals surface area (Å²) < 4.78 is 6.12. The van der Waals surface area contributed by atoms with Crippen molar-refractivity contribution in [2.75, 3.05) is 0 Å². The number of aliphatic hydroxyl groups excluding tert-OH is 1. The Kier molecular flexibility index (Phi) is 6.17. The molecular formula is C34H23Br2N2O2+. The van der Waals surface area contributed by atoms with Gasteiger partial charge in [0.25, 0.3) is 0 Å². The van der Waals surface area contributed by atoms with Crippen LogP contribution in [0.5, 0.6) is 0 Å². The number of benzene rings is 4. The van der Waals surface area contributed by atoms with Gasteiger partial charge in [-0.15, -0.1) is 0 Å². The lowest BCUT2D eigenvalue weighted by atomic mass is 9.80. The number of Topliss-reactive ketones (excluding diaryl/α,β-unsaturated/α-hetero) is 1. The van der Waals surface area contributed by atoms with Crippen LogP contribution >= 0.6 is 31.9 Å². The van der Waals surface area contributed by atoms with Crippen molar-refractivity contribution in [3.05, 3.63) is 146 Å². The largest absolute Gasteiger partial charge is 0.506 e. The number of aliphatic hydroxyl groups is 1. The number of aromatic nitrogens is 1. The van der Waals surface area contributed by atoms with Crippen molar-refractivity contribution in [3.63, 3.8) is 0 Å². The van der Waals surface area contributed by atoms with E-state index in [-0.39, 0.29) is 11.5 Å². The molecule has 1 aliphatic heterocycles. The van der Waals surface area contributed by atoms with Crippen molar-refractivity contribution in [1.82, 2.24) is 4.57 Å². The third-order valence-corrected chi connectivity index (χ3v) is 8.53. The Labute approximate surface area is 248 Å². The van der Waals surface area contributed by atoms with Crippen molar-refractivity contribution >= 4 is 71.6 Å². The summed E-state index contributed by atoms with van der Waals surface area (Å²) in [5.41, 5.74) is 7.48. The Morgan fingerprint density at radius 1 is 0.750 bits per heavy atom. The summed E-state index contributed by atoms with van der Waals surface area (Å²) >= 11 is 7.18. The Morgan fingerprint density at radius 3 is 2.15 bits per heavy atom. The first kappa shape index (κ1) is 25.0. The molecule has 40 heavy (non-hydrogen) atoms. The van der Waals surface area contributed by atoms with Crippen molar-refractivity contribution in [2.24, 2.45) is 0 Å². The summed E-state index contributed by atoms with van der Waals surface area (Å²) in [6.45, 7) is 1.33. The number of nitrogens with zero attached hydrogens (tertiary/aromatic N) is 2. The molecule has 2 heterocycles. The second-order valence-corrected chi connectivity index (χ2v) is 11.9. The zero-order valence-electron chi connectivity index (χ0n) is 21.3. The molecule has 0 spiro atoms. The molecule has 0 radical (unpaired) electrons. The Balaban J connectivity index is 1.36. The number of allylic oxidation sites excluding steroid dienone is 3. The van der Waals surface area contributed by atoms with Gasteiger partial charge in [-0.25, -0.2) is 0 Å². The van der Waals surface area contributed by atoms with Gasteiger partial charge < -0.3 is 9.67 Å². The van der Waals surface area contributed by atoms with E-state index in [2.05, 4.69) is 65.3 Å². The molecule has 0 fully saturated rings. The van der Waals surface area contributed by atoms with Gasteiger partial charge in [-0.1, -0.05) is 92.5 Å². The van der Waals surface area contributed by atoms with Gasteiger partial charge >= 0.3 is 0 Å². The first-order chi connectivity index (χ1) is 19.5. The van der Waals surface area contributed by atoms with Crippen LogP contribution in [0, 0.1) is 0 Å². The molecule has 0 atom stereocenters. The maximum Gasteiger partial charge on any atom is 0.213 e. The van der Waals surface area contributed by atoms with Gasteiger partial charge in [-0.05, 0) is 35.9 Å². The molecule has 0 saturated heterocycles. The highest BCUT2D eigenvalue weighted by Gasteiger charge is 2.42. The van der Waals surface area contributed by atoms with Crippen LogP contribution in [0.3, 0.4) is 0 Å². The Bertz CT molecular complexity index is 1930. The van der Waals surface area contributed by atoms with Gasteiger partial charge in [-0.3, -0.25) is 4.79 Å². The number of halogens is 2. The number of hydrogen-bond donors (Lipinski definition) is 1. The van der Waals surface area contributed by atoms with E-state index in [1.54, 1.807) is 0 Å². The quantitative estimate of drug-likeness (QED) is 0.153. The molecule has 0 bridgehead atoms. The summed E-state index contributed by atoms with van der Waals surface area (Å²) in [6, 6.07) is 32.6. The lowest BCUT2D eigenvalue weighted by Crippen LogP contribution is -2.22. The summed E-state index contributed by atoms with van der Waals surface area (Å²) in [6.07, 6.45) is 3.97. The molecule has 1 aliphatic carbocycles. The fraction of sp³-hybridized carbons (Fsp3) is 0.0588. The van der Waals surface area contributed by atoms with E-state index in [1.165, 1.54) is 0 Å². The molecule has 194 valence electrons. The zero-order chi connectivity index (χ0) is 27.4. The molecule has 4 aromatic carbocycles. The molecule has 0 amide bonds. The lowest BCUT2D eigenvalue weighted by Gasteiger charge is -2.22. The summed E-state index contributed by atoms with van der Waals surface area (Å²) in [7, 11) is 0. The van der Waals surface area contributed by atoms with Crippen molar-refractivity contribution in [2.45, 2.75) is 13.1 Å². The van der Waals surface area contributed by atoms with E-state index in [9.17, 15) is 9.90 Å². The van der Waals surface area contributed by atoms with E-state index in [0.29, 0.717) is 24.2 Å². The third-order valence-electron chi connectivity index (χ3n) is 7.54. The van der Waals surface area contributed by atoms with Crippen LogP contribution in [-0.4, -0.2) is 26.2 Å². The van der Waals surface area contributed by atoms with Gasteiger partial charge in [0.1, 0.15) is 5.76 Å². The monoisotopic (exact) mass is 649 g/mol. The predicted octanol–water partition coefficient (Wildman–Crippen LogP) is 8.45. The Morgan fingerprint density at radius 2 is 1.43 bits per heavy atom. The number of carbonyl (C=O) groups is 1. The highest BCUT2D eigenvalue weighted by atomic mass is 79.9. The molecule has 0 saturated carbocycles. The first-order valence-electron chi connectivity index (χ1n) is 13.0. The highest BCUT2D eigenvalue weighted by molar-refractivity contribution is 9.10. The van der Waals surface area contributed by atoms with Crippen LogP contribution in [0.1, 0.15) is 22.3 Å². The predicted molar refractivity (Wildman–Crippen MR) is 167 cm³/mol. The van der Waals surface area contributed by atoms with Crippen LogP contribution in [-0.2, 0) is 17.9 Å². The SMILES string of the molecule is O=C1C(=C2C=[N+](Cc3ccccc3)c3ccc(Br)cc32)C(O)=C1c1cn(Cc2ccccc2)c2ccc(Br)cc12. The van der Waals surface area contributed by atoms with Gasteiger partial charge in [0.15, 0.2) is 12.8 Å². The highest BCUT2D eigenvalue weighted by Crippen LogP contribution is 2.46. The number of fused-ring (bicyclic) bond motifs is 2. The minimum Gasteiger partial charge on any atom is -0.506 e. The topological polar surface area (TPSA) is 45.2 Å². The van der Waals surface area contributed by atoms with E-state index < -0.39 is 0 Å². The fourth-order valence-electron chi connectivity index (χ4n) is 5.66. The molecule has 1 aromatic heterocycles. The van der Waals surface area contributed by atoms with Crippen LogP contribution in [0.4, 0.5) is 5.69 Å². The number of rotatable bonds is 5. The van der Waals surface area contributed by atoms with Crippen molar-refractivity contribution < 1.29 is 14.5 Å². The maximum absolute atomic E-state index is 13.9. The smallest absolute Gasteiger partial charge is 0.213 e. The zero-order valence-corrected chi connectivity index (χ0v) is 24.5. The molecule has 6 heteroatoms. The average Bonchev–Trinajstić information content (AvgIpc) is 3.47. The molecule has 4 nitrogen and oxygen atoms in total. The number of ketones is 1.